The molecule has 0 saturated heterocycles. The maximum absolute atomic E-state index is 12.6. The van der Waals surface area contributed by atoms with Gasteiger partial charge in [-0.05, 0) is 48.4 Å². The molecule has 3 nitrogen and oxygen atoms in total. The van der Waals surface area contributed by atoms with Crippen LogP contribution in [0.25, 0.3) is 0 Å². The van der Waals surface area contributed by atoms with Crippen LogP contribution in [-0.4, -0.2) is 27.5 Å². The van der Waals surface area contributed by atoms with E-state index >= 15 is 0 Å². The van der Waals surface area contributed by atoms with Gasteiger partial charge in [-0.1, -0.05) is 24.3 Å². The van der Waals surface area contributed by atoms with E-state index in [1.807, 2.05) is 0 Å². The van der Waals surface area contributed by atoms with E-state index in [2.05, 4.69) is 11.6 Å². The molecule has 0 aromatic carbocycles. The van der Waals surface area contributed by atoms with Gasteiger partial charge in [0.15, 0.2) is 0 Å². The topological polar surface area (TPSA) is 32.7 Å². The molecule has 2 heterocycles. The molecule has 19 heavy (non-hydrogen) atoms. The number of thiocarbonyl (C=S) groups is 1. The summed E-state index contributed by atoms with van der Waals surface area (Å²) in [4.78, 5) is 20.1. The fourth-order valence-electron chi connectivity index (χ4n) is 2.88. The zero-order valence-electron chi connectivity index (χ0n) is 10.7. The zero-order chi connectivity index (χ0) is 13.4. The van der Waals surface area contributed by atoms with Crippen LogP contribution in [0.4, 0.5) is 0 Å². The first-order valence-corrected chi connectivity index (χ1v) is 7.89. The van der Waals surface area contributed by atoms with Gasteiger partial charge in [0.2, 0.25) is 11.0 Å². The van der Waals surface area contributed by atoms with Gasteiger partial charge in [0.25, 0.3) is 0 Å². The summed E-state index contributed by atoms with van der Waals surface area (Å²) in [5.74, 6) is -0.0564. The predicted molar refractivity (Wildman–Crippen MR) is 83.1 cm³/mol. The van der Waals surface area contributed by atoms with Crippen LogP contribution in [0, 0.1) is 5.92 Å². The van der Waals surface area contributed by atoms with Crippen molar-refractivity contribution in [3.8, 4) is 0 Å². The van der Waals surface area contributed by atoms with Gasteiger partial charge in [0.05, 0.1) is 5.04 Å². The molecule has 0 saturated carbocycles. The summed E-state index contributed by atoms with van der Waals surface area (Å²) in [5, 5.41) is 1.29. The molecule has 1 unspecified atom stereocenters. The normalized spacial score (nSPS) is 26.8. The van der Waals surface area contributed by atoms with Crippen molar-refractivity contribution in [3.63, 3.8) is 0 Å². The van der Waals surface area contributed by atoms with Crippen LogP contribution < -0.4 is 0 Å². The summed E-state index contributed by atoms with van der Waals surface area (Å²) >= 11 is 6.91. The van der Waals surface area contributed by atoms with E-state index in [4.69, 9.17) is 12.2 Å². The number of hydrogen-bond acceptors (Lipinski definition) is 3. The smallest absolute Gasteiger partial charge is 0.242 e. The third kappa shape index (κ3) is 2.19. The molecule has 0 radical (unpaired) electrons. The third-order valence-electron chi connectivity index (χ3n) is 3.79. The summed E-state index contributed by atoms with van der Waals surface area (Å²) in [6.45, 7) is 4.14. The van der Waals surface area contributed by atoms with Crippen molar-refractivity contribution in [2.24, 2.45) is 10.9 Å². The number of carbonyl (C=O) groups excluding carboxylic acids is 1. The highest BCUT2D eigenvalue weighted by Crippen LogP contribution is 2.46. The van der Waals surface area contributed by atoms with Crippen LogP contribution in [0.1, 0.15) is 32.1 Å². The van der Waals surface area contributed by atoms with Crippen molar-refractivity contribution < 1.29 is 4.79 Å². The lowest BCUT2D eigenvalue weighted by atomic mass is 9.94. The quantitative estimate of drug-likeness (QED) is 0.578. The van der Waals surface area contributed by atoms with Gasteiger partial charge in [0.1, 0.15) is 5.92 Å². The van der Waals surface area contributed by atoms with Crippen LogP contribution in [0.3, 0.4) is 0 Å². The molecular weight excluding hydrogens is 276 g/mol. The van der Waals surface area contributed by atoms with Gasteiger partial charge < -0.3 is 0 Å². The Hall–Kier alpha value is -0.940. The minimum Gasteiger partial charge on any atom is -0.283 e. The summed E-state index contributed by atoms with van der Waals surface area (Å²) in [6, 6.07) is 0. The molecule has 2 aliphatic heterocycles. The Kier molecular flexibility index (Phi) is 3.58. The molecular formula is C14H16N2OS2. The second-order valence-electron chi connectivity index (χ2n) is 5.01. The van der Waals surface area contributed by atoms with Gasteiger partial charge in [-0.2, -0.15) is 0 Å². The number of rotatable bonds is 2. The Labute approximate surface area is 122 Å². The predicted octanol–water partition coefficient (Wildman–Crippen LogP) is 3.28. The maximum Gasteiger partial charge on any atom is 0.242 e. The van der Waals surface area contributed by atoms with E-state index in [0.29, 0.717) is 11.7 Å². The first-order chi connectivity index (χ1) is 9.22. The highest BCUT2D eigenvalue weighted by molar-refractivity contribution is 8.17. The average Bonchev–Trinajstić information content (AvgIpc) is 2.57. The highest BCUT2D eigenvalue weighted by Gasteiger charge is 2.43. The van der Waals surface area contributed by atoms with E-state index in [1.165, 1.54) is 29.7 Å². The maximum atomic E-state index is 12.6. The summed E-state index contributed by atoms with van der Waals surface area (Å²) < 4.78 is 0. The number of thioether (sulfide) groups is 1. The second-order valence-corrected chi connectivity index (χ2v) is 6.49. The van der Waals surface area contributed by atoms with E-state index in [0.717, 1.165) is 17.9 Å². The molecule has 0 spiro atoms. The SMILES string of the molecule is C=CCN1C(=O)C2C(=NC1=S)SC1=C2CCCCC1. The Balaban J connectivity index is 1.96. The van der Waals surface area contributed by atoms with E-state index in [9.17, 15) is 4.79 Å². The van der Waals surface area contributed by atoms with Crippen molar-refractivity contribution in [3.05, 3.63) is 23.1 Å². The van der Waals surface area contributed by atoms with Crippen LogP contribution in [0.2, 0.25) is 0 Å². The molecule has 0 N–H and O–H groups in total. The minimum atomic E-state index is -0.148. The van der Waals surface area contributed by atoms with E-state index < -0.39 is 0 Å². The van der Waals surface area contributed by atoms with Gasteiger partial charge in [-0.15, -0.1) is 6.58 Å². The number of carbonyl (C=O) groups is 1. The van der Waals surface area contributed by atoms with Gasteiger partial charge in [-0.25, -0.2) is 4.99 Å². The molecule has 3 aliphatic rings. The van der Waals surface area contributed by atoms with E-state index in [1.54, 1.807) is 22.7 Å². The van der Waals surface area contributed by atoms with Crippen LogP contribution in [0.5, 0.6) is 0 Å². The number of amides is 1. The third-order valence-corrected chi connectivity index (χ3v) is 5.35. The van der Waals surface area contributed by atoms with Crippen molar-refractivity contribution in [2.45, 2.75) is 32.1 Å². The van der Waals surface area contributed by atoms with E-state index in [-0.39, 0.29) is 11.8 Å². The summed E-state index contributed by atoms with van der Waals surface area (Å²) in [6.07, 6.45) is 7.50. The number of aliphatic imine (C=N–C) groups is 1. The van der Waals surface area contributed by atoms with Gasteiger partial charge in [0, 0.05) is 6.54 Å². The fourth-order valence-corrected chi connectivity index (χ4v) is 4.54. The molecule has 0 aromatic heterocycles. The number of allylic oxidation sites excluding steroid dienone is 1. The zero-order valence-corrected chi connectivity index (χ0v) is 12.4. The molecule has 1 aliphatic carbocycles. The monoisotopic (exact) mass is 292 g/mol. The molecule has 3 rings (SSSR count). The van der Waals surface area contributed by atoms with Crippen molar-refractivity contribution in [2.75, 3.05) is 6.54 Å². The second kappa shape index (κ2) is 5.21. The molecule has 100 valence electrons. The Morgan fingerprint density at radius 2 is 2.21 bits per heavy atom. The minimum absolute atomic E-state index is 0.0919. The van der Waals surface area contributed by atoms with Gasteiger partial charge in [-0.3, -0.25) is 9.69 Å². The largest absolute Gasteiger partial charge is 0.283 e. The van der Waals surface area contributed by atoms with Crippen molar-refractivity contribution in [1.82, 2.24) is 4.90 Å². The first kappa shape index (κ1) is 13.1. The summed E-state index contributed by atoms with van der Waals surface area (Å²) in [5.41, 5.74) is 1.31. The van der Waals surface area contributed by atoms with Crippen LogP contribution in [0.15, 0.2) is 28.1 Å². The molecule has 5 heteroatoms. The molecule has 0 fully saturated rings. The van der Waals surface area contributed by atoms with Gasteiger partial charge >= 0.3 is 0 Å². The van der Waals surface area contributed by atoms with Crippen molar-refractivity contribution >= 4 is 40.0 Å². The molecule has 1 amide bonds. The Morgan fingerprint density at radius 3 is 3.00 bits per heavy atom. The fraction of sp³-hybridized carbons (Fsp3) is 0.500. The average molecular weight is 292 g/mol. The molecule has 0 bridgehead atoms. The Bertz CT molecular complexity index is 522. The number of hydrogen-bond donors (Lipinski definition) is 0. The van der Waals surface area contributed by atoms with Crippen LogP contribution >= 0.6 is 24.0 Å². The first-order valence-electron chi connectivity index (χ1n) is 6.67. The van der Waals surface area contributed by atoms with Crippen molar-refractivity contribution in [1.29, 1.82) is 0 Å². The number of fused-ring (bicyclic) bond motifs is 2. The number of nitrogens with zero attached hydrogens (tertiary/aromatic N) is 2. The molecule has 0 aromatic rings. The lowest BCUT2D eigenvalue weighted by Crippen LogP contribution is -2.45. The standard InChI is InChI=1S/C14H16N2OS2/c1-2-8-16-13(17)11-9-6-4-3-5-7-10(9)19-12(11)15-14(16)18/h2,11H,1,3-8H2. The molecule has 1 atom stereocenters. The Morgan fingerprint density at radius 1 is 1.42 bits per heavy atom. The highest BCUT2D eigenvalue weighted by atomic mass is 32.2. The lowest BCUT2D eigenvalue weighted by Gasteiger charge is -2.28. The lowest BCUT2D eigenvalue weighted by molar-refractivity contribution is -0.128. The summed E-state index contributed by atoms with van der Waals surface area (Å²) in [7, 11) is 0. The van der Waals surface area contributed by atoms with Crippen LogP contribution in [-0.2, 0) is 4.79 Å².